The predicted molar refractivity (Wildman–Crippen MR) is 106 cm³/mol. The number of hydrogen-bond acceptors (Lipinski definition) is 4. The summed E-state index contributed by atoms with van der Waals surface area (Å²) >= 11 is 0. The van der Waals surface area contributed by atoms with Gasteiger partial charge in [0.2, 0.25) is 10.0 Å². The summed E-state index contributed by atoms with van der Waals surface area (Å²) in [5.74, 6) is -0.201. The molecule has 1 aromatic rings. The number of carbonyl (C=O) groups excluding carboxylic acids is 1. The first kappa shape index (κ1) is 20.3. The van der Waals surface area contributed by atoms with E-state index < -0.39 is 10.0 Å². The van der Waals surface area contributed by atoms with Crippen molar-refractivity contribution in [2.75, 3.05) is 32.7 Å². The summed E-state index contributed by atoms with van der Waals surface area (Å²) in [6.07, 6.45) is 5.12. The van der Waals surface area contributed by atoms with Crippen molar-refractivity contribution in [3.05, 3.63) is 29.3 Å². The van der Waals surface area contributed by atoms with Crippen molar-refractivity contribution in [3.8, 4) is 0 Å². The second-order valence-corrected chi connectivity index (χ2v) is 9.49. The fourth-order valence-corrected chi connectivity index (χ4v) is 5.89. The van der Waals surface area contributed by atoms with Crippen LogP contribution in [-0.4, -0.2) is 62.3 Å². The maximum atomic E-state index is 13.0. The number of nitrogens with one attached hydrogen (secondary N) is 1. The molecule has 2 aliphatic rings. The molecule has 1 aromatic carbocycles. The summed E-state index contributed by atoms with van der Waals surface area (Å²) in [6.45, 7) is 7.73. The molecule has 0 unspecified atom stereocenters. The highest BCUT2D eigenvalue weighted by Gasteiger charge is 2.28. The van der Waals surface area contributed by atoms with E-state index in [-0.39, 0.29) is 10.8 Å². The molecule has 0 bridgehead atoms. The molecule has 27 heavy (non-hydrogen) atoms. The number of benzene rings is 1. The second kappa shape index (κ2) is 8.71. The molecule has 1 N–H and O–H groups in total. The molecule has 2 aliphatic heterocycles. The molecule has 1 atom stereocenters. The van der Waals surface area contributed by atoms with Gasteiger partial charge < -0.3 is 5.32 Å². The molecule has 0 spiro atoms. The van der Waals surface area contributed by atoms with E-state index in [0.717, 1.165) is 45.2 Å². The number of amides is 1. The molecule has 6 nitrogen and oxygen atoms in total. The van der Waals surface area contributed by atoms with Crippen LogP contribution in [0.4, 0.5) is 0 Å². The van der Waals surface area contributed by atoms with Crippen molar-refractivity contribution in [1.29, 1.82) is 0 Å². The number of piperidine rings is 1. The van der Waals surface area contributed by atoms with Gasteiger partial charge in [-0.15, -0.1) is 0 Å². The Hall–Kier alpha value is -1.44. The molecule has 0 radical (unpaired) electrons. The summed E-state index contributed by atoms with van der Waals surface area (Å²) in [4.78, 5) is 15.3. The van der Waals surface area contributed by atoms with Crippen LogP contribution in [0, 0.1) is 6.92 Å². The smallest absolute Gasteiger partial charge is 0.251 e. The van der Waals surface area contributed by atoms with Gasteiger partial charge in [0.05, 0.1) is 4.90 Å². The first-order chi connectivity index (χ1) is 12.9. The van der Waals surface area contributed by atoms with Crippen molar-refractivity contribution in [3.63, 3.8) is 0 Å². The molecule has 3 rings (SSSR count). The molecule has 1 amide bonds. The van der Waals surface area contributed by atoms with Gasteiger partial charge in [0, 0.05) is 31.2 Å². The van der Waals surface area contributed by atoms with Crippen LogP contribution in [0.3, 0.4) is 0 Å². The lowest BCUT2D eigenvalue weighted by atomic mass is 10.1. The molecule has 0 aromatic heterocycles. The van der Waals surface area contributed by atoms with E-state index in [1.807, 2.05) is 0 Å². The minimum Gasteiger partial charge on any atom is -0.350 e. The fourth-order valence-electron chi connectivity index (χ4n) is 4.12. The van der Waals surface area contributed by atoms with Gasteiger partial charge in [-0.05, 0) is 63.4 Å². The lowest BCUT2D eigenvalue weighted by Crippen LogP contribution is -2.40. The van der Waals surface area contributed by atoms with Crippen molar-refractivity contribution in [2.24, 2.45) is 0 Å². The first-order valence-electron chi connectivity index (χ1n) is 10.1. The first-order valence-corrected chi connectivity index (χ1v) is 11.5. The van der Waals surface area contributed by atoms with E-state index in [4.69, 9.17) is 0 Å². The minimum absolute atomic E-state index is 0.201. The Morgan fingerprint density at radius 1 is 1.15 bits per heavy atom. The minimum atomic E-state index is -3.55. The normalized spacial score (nSPS) is 22.1. The lowest BCUT2D eigenvalue weighted by Gasteiger charge is -2.26. The number of rotatable bonds is 6. The van der Waals surface area contributed by atoms with Crippen molar-refractivity contribution in [1.82, 2.24) is 14.5 Å². The van der Waals surface area contributed by atoms with Gasteiger partial charge in [-0.1, -0.05) is 19.4 Å². The molecule has 2 saturated heterocycles. The molecule has 0 aliphatic carbocycles. The lowest BCUT2D eigenvalue weighted by molar-refractivity contribution is 0.0941. The van der Waals surface area contributed by atoms with Gasteiger partial charge in [-0.3, -0.25) is 9.69 Å². The highest BCUT2D eigenvalue weighted by atomic mass is 32.2. The zero-order chi connectivity index (χ0) is 19.4. The molecule has 2 fully saturated rings. The number of likely N-dealkylation sites (tertiary alicyclic amines) is 1. The average Bonchev–Trinajstić information content (AvgIpc) is 3.14. The molecule has 150 valence electrons. The molecular formula is C20H31N3O3S. The molecule has 0 saturated carbocycles. The third kappa shape index (κ3) is 4.52. The number of aryl methyl sites for hydroxylation is 1. The Morgan fingerprint density at radius 2 is 1.89 bits per heavy atom. The van der Waals surface area contributed by atoms with Gasteiger partial charge in [-0.2, -0.15) is 4.31 Å². The van der Waals surface area contributed by atoms with E-state index in [0.29, 0.717) is 36.8 Å². The van der Waals surface area contributed by atoms with E-state index in [9.17, 15) is 13.2 Å². The van der Waals surface area contributed by atoms with Crippen molar-refractivity contribution in [2.45, 2.75) is 56.9 Å². The Bertz CT molecular complexity index is 773. The molecule has 2 heterocycles. The Morgan fingerprint density at radius 3 is 2.59 bits per heavy atom. The summed E-state index contributed by atoms with van der Waals surface area (Å²) in [6, 6.07) is 5.37. The Kier molecular flexibility index (Phi) is 6.55. The van der Waals surface area contributed by atoms with Crippen LogP contribution in [0.2, 0.25) is 0 Å². The van der Waals surface area contributed by atoms with Crippen LogP contribution in [0.15, 0.2) is 23.1 Å². The molecular weight excluding hydrogens is 362 g/mol. The fraction of sp³-hybridized carbons (Fsp3) is 0.650. The van der Waals surface area contributed by atoms with Crippen LogP contribution in [0.25, 0.3) is 0 Å². The highest BCUT2D eigenvalue weighted by molar-refractivity contribution is 7.89. The third-order valence-corrected chi connectivity index (χ3v) is 7.83. The SMILES string of the molecule is CCN1CCC[C@@H]1CNC(=O)c1ccc(C)c(S(=O)(=O)N2CCCCC2)c1. The van der Waals surface area contributed by atoms with Crippen molar-refractivity contribution < 1.29 is 13.2 Å². The van der Waals surface area contributed by atoms with Gasteiger partial charge in [0.25, 0.3) is 5.91 Å². The van der Waals surface area contributed by atoms with E-state index in [1.165, 1.54) is 0 Å². The quantitative estimate of drug-likeness (QED) is 0.806. The number of carbonyl (C=O) groups is 1. The topological polar surface area (TPSA) is 69.7 Å². The highest BCUT2D eigenvalue weighted by Crippen LogP contribution is 2.24. The number of sulfonamides is 1. The van der Waals surface area contributed by atoms with Crippen LogP contribution < -0.4 is 5.32 Å². The van der Waals surface area contributed by atoms with E-state index in [1.54, 1.807) is 29.4 Å². The maximum absolute atomic E-state index is 13.0. The zero-order valence-corrected chi connectivity index (χ0v) is 17.2. The van der Waals surface area contributed by atoms with Crippen LogP contribution in [0.5, 0.6) is 0 Å². The monoisotopic (exact) mass is 393 g/mol. The average molecular weight is 394 g/mol. The number of likely N-dealkylation sites (N-methyl/N-ethyl adjacent to an activating group) is 1. The van der Waals surface area contributed by atoms with Crippen LogP contribution in [-0.2, 0) is 10.0 Å². The molecule has 7 heteroatoms. The van der Waals surface area contributed by atoms with Gasteiger partial charge in [0.1, 0.15) is 0 Å². The second-order valence-electron chi connectivity index (χ2n) is 7.58. The number of hydrogen-bond donors (Lipinski definition) is 1. The standard InChI is InChI=1S/C20H31N3O3S/c1-3-22-11-7-8-18(22)15-21-20(24)17-10-9-16(2)19(14-17)27(25,26)23-12-5-4-6-13-23/h9-10,14,18H,3-8,11-13,15H2,1-2H3,(H,21,24)/t18-/m1/s1. The largest absolute Gasteiger partial charge is 0.350 e. The summed E-state index contributed by atoms with van der Waals surface area (Å²) in [5, 5.41) is 2.99. The third-order valence-electron chi connectivity index (χ3n) is 5.79. The zero-order valence-electron chi connectivity index (χ0n) is 16.4. The Labute approximate surface area is 163 Å². The van der Waals surface area contributed by atoms with E-state index in [2.05, 4.69) is 17.1 Å². The van der Waals surface area contributed by atoms with Crippen LogP contribution in [0.1, 0.15) is 54.9 Å². The summed E-state index contributed by atoms with van der Waals surface area (Å²) < 4.78 is 27.6. The van der Waals surface area contributed by atoms with Crippen LogP contribution >= 0.6 is 0 Å². The van der Waals surface area contributed by atoms with Gasteiger partial charge in [-0.25, -0.2) is 8.42 Å². The predicted octanol–water partition coefficient (Wildman–Crippen LogP) is 2.38. The van der Waals surface area contributed by atoms with Crippen molar-refractivity contribution >= 4 is 15.9 Å². The maximum Gasteiger partial charge on any atom is 0.251 e. The Balaban J connectivity index is 1.73. The number of nitrogens with zero attached hydrogens (tertiary/aromatic N) is 2. The summed E-state index contributed by atoms with van der Waals surface area (Å²) in [5.41, 5.74) is 1.10. The van der Waals surface area contributed by atoms with Gasteiger partial charge >= 0.3 is 0 Å². The van der Waals surface area contributed by atoms with E-state index >= 15 is 0 Å². The summed E-state index contributed by atoms with van der Waals surface area (Å²) in [7, 11) is -3.55. The van der Waals surface area contributed by atoms with Gasteiger partial charge in [0.15, 0.2) is 0 Å².